The third kappa shape index (κ3) is 9.49. The van der Waals surface area contributed by atoms with E-state index in [1.165, 1.54) is 19.3 Å². The monoisotopic (exact) mass is 255 g/mol. The first-order valence-corrected chi connectivity index (χ1v) is 7.30. The zero-order valence-corrected chi connectivity index (χ0v) is 13.5. The van der Waals surface area contributed by atoms with Gasteiger partial charge in [-0.05, 0) is 36.0 Å². The smallest absolute Gasteiger partial charge is 0.216 e. The van der Waals surface area contributed by atoms with Crippen LogP contribution >= 0.6 is 0 Å². The van der Waals surface area contributed by atoms with Gasteiger partial charge in [-0.2, -0.15) is 0 Å². The minimum Gasteiger partial charge on any atom is -0.356 e. The summed E-state index contributed by atoms with van der Waals surface area (Å²) in [5.74, 6) is 0.704. The van der Waals surface area contributed by atoms with Gasteiger partial charge < -0.3 is 5.32 Å². The van der Waals surface area contributed by atoms with Gasteiger partial charge >= 0.3 is 0 Å². The summed E-state index contributed by atoms with van der Waals surface area (Å²) in [6.45, 7) is 16.3. The average Bonchev–Trinajstić information content (AvgIpc) is 2.13. The normalized spacial score (nSPS) is 14.4. The fourth-order valence-electron chi connectivity index (χ4n) is 2.86. The van der Waals surface area contributed by atoms with Crippen LogP contribution in [0.4, 0.5) is 0 Å². The summed E-state index contributed by atoms with van der Waals surface area (Å²) in [6, 6.07) is 0. The van der Waals surface area contributed by atoms with Crippen LogP contribution in [0, 0.1) is 16.7 Å². The first kappa shape index (κ1) is 17.5. The van der Waals surface area contributed by atoms with Crippen molar-refractivity contribution in [2.75, 3.05) is 6.54 Å². The zero-order chi connectivity index (χ0) is 14.4. The van der Waals surface area contributed by atoms with Gasteiger partial charge in [0, 0.05) is 13.5 Å². The van der Waals surface area contributed by atoms with Crippen LogP contribution in [0.25, 0.3) is 0 Å². The van der Waals surface area contributed by atoms with Crippen LogP contribution in [0.1, 0.15) is 74.1 Å². The fourth-order valence-corrected chi connectivity index (χ4v) is 2.86. The maximum atomic E-state index is 10.9. The van der Waals surface area contributed by atoms with Crippen LogP contribution < -0.4 is 5.32 Å². The van der Waals surface area contributed by atoms with Crippen LogP contribution in [0.3, 0.4) is 0 Å². The molecule has 0 aliphatic carbocycles. The molecule has 0 radical (unpaired) electrons. The molecule has 2 heteroatoms. The van der Waals surface area contributed by atoms with Gasteiger partial charge in [-0.3, -0.25) is 4.79 Å². The van der Waals surface area contributed by atoms with E-state index in [-0.39, 0.29) is 5.91 Å². The molecule has 0 rings (SSSR count). The van der Waals surface area contributed by atoms with Crippen molar-refractivity contribution in [3.63, 3.8) is 0 Å². The van der Waals surface area contributed by atoms with Crippen LogP contribution in [-0.2, 0) is 4.79 Å². The second kappa shape index (κ2) is 7.16. The molecule has 18 heavy (non-hydrogen) atoms. The molecule has 0 aromatic carbocycles. The molecule has 1 N–H and O–H groups in total. The van der Waals surface area contributed by atoms with Gasteiger partial charge in [-0.25, -0.2) is 0 Å². The first-order chi connectivity index (χ1) is 8.06. The molecule has 0 unspecified atom stereocenters. The summed E-state index contributed by atoms with van der Waals surface area (Å²) in [7, 11) is 0. The fraction of sp³-hybridized carbons (Fsp3) is 0.938. The Hall–Kier alpha value is -0.530. The van der Waals surface area contributed by atoms with E-state index in [4.69, 9.17) is 0 Å². The van der Waals surface area contributed by atoms with Crippen molar-refractivity contribution in [2.45, 2.75) is 74.1 Å². The Morgan fingerprint density at radius 1 is 1.17 bits per heavy atom. The van der Waals surface area contributed by atoms with Crippen LogP contribution in [0.5, 0.6) is 0 Å². The highest BCUT2D eigenvalue weighted by Gasteiger charge is 2.26. The maximum Gasteiger partial charge on any atom is 0.216 e. The lowest BCUT2D eigenvalue weighted by Gasteiger charge is -2.33. The second-order valence-electron chi connectivity index (χ2n) is 7.65. The van der Waals surface area contributed by atoms with Crippen molar-refractivity contribution in [3.05, 3.63) is 0 Å². The topological polar surface area (TPSA) is 29.1 Å². The number of amides is 1. The Bertz CT molecular complexity index is 250. The lowest BCUT2D eigenvalue weighted by Crippen LogP contribution is -2.28. The van der Waals surface area contributed by atoms with Crippen LogP contribution in [0.15, 0.2) is 0 Å². The summed E-state index contributed by atoms with van der Waals surface area (Å²) in [6.07, 6.45) is 4.84. The van der Waals surface area contributed by atoms with Gasteiger partial charge in [-0.1, -0.05) is 48.0 Å². The zero-order valence-electron chi connectivity index (χ0n) is 13.5. The molecule has 0 saturated heterocycles. The summed E-state index contributed by atoms with van der Waals surface area (Å²) < 4.78 is 0. The lowest BCUT2D eigenvalue weighted by atomic mass is 9.73. The second-order valence-corrected chi connectivity index (χ2v) is 7.65. The van der Waals surface area contributed by atoms with E-state index in [1.807, 2.05) is 0 Å². The van der Waals surface area contributed by atoms with Crippen molar-refractivity contribution in [1.29, 1.82) is 0 Å². The van der Waals surface area contributed by atoms with Crippen molar-refractivity contribution >= 4 is 5.91 Å². The van der Waals surface area contributed by atoms with E-state index in [0.717, 1.165) is 13.0 Å². The van der Waals surface area contributed by atoms with Gasteiger partial charge in [0.25, 0.3) is 0 Å². The molecule has 1 amide bonds. The molecule has 0 bridgehead atoms. The lowest BCUT2D eigenvalue weighted by molar-refractivity contribution is -0.119. The minimum absolute atomic E-state index is 0.0856. The molecule has 0 saturated carbocycles. The number of hydrogen-bond acceptors (Lipinski definition) is 1. The maximum absolute atomic E-state index is 10.9. The standard InChI is InChI=1S/C16H33NO/c1-8-14(11-17-13(2)18)9-10-16(6,7)12-15(3,4)5/h14H,8-12H2,1-7H3,(H,17,18)/t14-/m1/s1. The van der Waals surface area contributed by atoms with Gasteiger partial charge in [0.15, 0.2) is 0 Å². The molecule has 2 nitrogen and oxygen atoms in total. The van der Waals surface area contributed by atoms with E-state index in [9.17, 15) is 4.79 Å². The highest BCUT2D eigenvalue weighted by Crippen LogP contribution is 2.37. The molecule has 0 heterocycles. The van der Waals surface area contributed by atoms with Gasteiger partial charge in [-0.15, -0.1) is 0 Å². The van der Waals surface area contributed by atoms with E-state index < -0.39 is 0 Å². The third-order valence-electron chi connectivity index (χ3n) is 3.46. The van der Waals surface area contributed by atoms with Crippen molar-refractivity contribution in [1.82, 2.24) is 5.32 Å². The Balaban J connectivity index is 4.14. The highest BCUT2D eigenvalue weighted by molar-refractivity contribution is 5.72. The molecular weight excluding hydrogens is 222 g/mol. The van der Waals surface area contributed by atoms with Crippen LogP contribution in [0.2, 0.25) is 0 Å². The molecule has 0 aromatic rings. The molecule has 0 aliphatic heterocycles. The molecule has 1 atom stereocenters. The summed E-state index contributed by atoms with van der Waals surface area (Å²) >= 11 is 0. The van der Waals surface area contributed by atoms with E-state index in [0.29, 0.717) is 16.7 Å². The minimum atomic E-state index is 0.0856. The Morgan fingerprint density at radius 2 is 1.72 bits per heavy atom. The van der Waals surface area contributed by atoms with Gasteiger partial charge in [0.1, 0.15) is 0 Å². The predicted molar refractivity (Wildman–Crippen MR) is 79.6 cm³/mol. The van der Waals surface area contributed by atoms with Crippen molar-refractivity contribution in [3.8, 4) is 0 Å². The molecular formula is C16H33NO. The molecule has 0 fully saturated rings. The number of carbonyl (C=O) groups excluding carboxylic acids is 1. The van der Waals surface area contributed by atoms with Gasteiger partial charge in [0.05, 0.1) is 0 Å². The van der Waals surface area contributed by atoms with Crippen molar-refractivity contribution in [2.24, 2.45) is 16.7 Å². The highest BCUT2D eigenvalue weighted by atomic mass is 16.1. The summed E-state index contributed by atoms with van der Waals surface area (Å²) in [4.78, 5) is 10.9. The molecule has 108 valence electrons. The number of hydrogen-bond donors (Lipinski definition) is 1. The van der Waals surface area contributed by atoms with Crippen LogP contribution in [-0.4, -0.2) is 12.5 Å². The number of nitrogens with one attached hydrogen (secondary N) is 1. The first-order valence-electron chi connectivity index (χ1n) is 7.30. The quantitative estimate of drug-likeness (QED) is 0.718. The largest absolute Gasteiger partial charge is 0.356 e. The van der Waals surface area contributed by atoms with E-state index in [2.05, 4.69) is 46.9 Å². The molecule has 0 aromatic heterocycles. The van der Waals surface area contributed by atoms with Crippen molar-refractivity contribution < 1.29 is 4.79 Å². The van der Waals surface area contributed by atoms with E-state index >= 15 is 0 Å². The van der Waals surface area contributed by atoms with Gasteiger partial charge in [0.2, 0.25) is 5.91 Å². The average molecular weight is 255 g/mol. The molecule has 0 aliphatic rings. The SMILES string of the molecule is CC[C@H](CCC(C)(C)CC(C)(C)C)CNC(C)=O. The number of rotatable bonds is 7. The van der Waals surface area contributed by atoms with E-state index in [1.54, 1.807) is 6.92 Å². The summed E-state index contributed by atoms with van der Waals surface area (Å²) in [5, 5.41) is 2.94. The summed E-state index contributed by atoms with van der Waals surface area (Å²) in [5.41, 5.74) is 0.782. The number of carbonyl (C=O) groups is 1. The third-order valence-corrected chi connectivity index (χ3v) is 3.46. The predicted octanol–water partition coefficient (Wildman–Crippen LogP) is 4.39. The Kier molecular flexibility index (Phi) is 6.94. The Labute approximate surface area is 114 Å². The Morgan fingerprint density at radius 3 is 2.11 bits per heavy atom. The molecule has 0 spiro atoms.